The lowest BCUT2D eigenvalue weighted by atomic mass is 10.1. The second kappa shape index (κ2) is 9.48. The lowest BCUT2D eigenvalue weighted by Gasteiger charge is -2.23. The third-order valence-corrected chi connectivity index (χ3v) is 3.45. The number of aliphatic hydroxyl groups is 1. The van der Waals surface area contributed by atoms with Crippen molar-refractivity contribution in [1.82, 2.24) is 20.6 Å². The van der Waals surface area contributed by atoms with E-state index in [4.69, 9.17) is 16.6 Å². The monoisotopic (exact) mass is 370 g/mol. The molecule has 0 saturated heterocycles. The number of aromatic nitrogens is 2. The highest BCUT2D eigenvalue weighted by Gasteiger charge is 2.30. The molecule has 0 aliphatic rings. The Morgan fingerprint density at radius 3 is 2.31 bits per heavy atom. The van der Waals surface area contributed by atoms with Gasteiger partial charge < -0.3 is 37.3 Å². The summed E-state index contributed by atoms with van der Waals surface area (Å²) in [4.78, 5) is 53.1. The van der Waals surface area contributed by atoms with Crippen LogP contribution in [-0.4, -0.2) is 68.1 Å². The van der Waals surface area contributed by atoms with Crippen LogP contribution in [0.4, 0.5) is 0 Å². The predicted octanol–water partition coefficient (Wildman–Crippen LogP) is -3.41. The first kappa shape index (κ1) is 21.1. The molecule has 12 nitrogen and oxygen atoms in total. The smallest absolute Gasteiger partial charge is 0.326 e. The van der Waals surface area contributed by atoms with Crippen LogP contribution in [-0.2, 0) is 25.6 Å². The molecule has 144 valence electrons. The Bertz CT molecular complexity index is 646. The number of aromatic amines is 1. The molecule has 26 heavy (non-hydrogen) atoms. The molecule has 0 saturated carbocycles. The van der Waals surface area contributed by atoms with Crippen LogP contribution in [0.2, 0.25) is 0 Å². The number of nitrogens with zero attached hydrogens (tertiary/aromatic N) is 1. The van der Waals surface area contributed by atoms with Crippen molar-refractivity contribution >= 4 is 23.7 Å². The van der Waals surface area contributed by atoms with E-state index >= 15 is 0 Å². The van der Waals surface area contributed by atoms with E-state index in [1.807, 2.05) is 0 Å². The van der Waals surface area contributed by atoms with Crippen LogP contribution in [0.5, 0.6) is 0 Å². The van der Waals surface area contributed by atoms with Gasteiger partial charge in [-0.2, -0.15) is 0 Å². The predicted molar refractivity (Wildman–Crippen MR) is 87.3 cm³/mol. The van der Waals surface area contributed by atoms with Crippen molar-refractivity contribution < 1.29 is 29.4 Å². The number of amides is 3. The van der Waals surface area contributed by atoms with Crippen molar-refractivity contribution in [3.63, 3.8) is 0 Å². The van der Waals surface area contributed by atoms with Gasteiger partial charge in [0.1, 0.15) is 18.1 Å². The van der Waals surface area contributed by atoms with Gasteiger partial charge in [-0.15, -0.1) is 0 Å². The Hall–Kier alpha value is -2.99. The summed E-state index contributed by atoms with van der Waals surface area (Å²) in [6.45, 7) is 1.31. The minimum Gasteiger partial charge on any atom is -0.480 e. The number of aliphatic hydroxyl groups excluding tert-OH is 1. The zero-order valence-corrected chi connectivity index (χ0v) is 14.0. The molecule has 4 unspecified atom stereocenters. The van der Waals surface area contributed by atoms with Crippen LogP contribution >= 0.6 is 0 Å². The number of nitrogens with two attached hydrogens (primary N) is 2. The molecule has 1 rings (SSSR count). The molecule has 1 heterocycles. The second-order valence-corrected chi connectivity index (χ2v) is 5.68. The minimum absolute atomic E-state index is 0.0486. The molecule has 12 heteroatoms. The third-order valence-electron chi connectivity index (χ3n) is 3.45. The number of aliphatic carboxylic acids is 1. The van der Waals surface area contributed by atoms with E-state index in [1.54, 1.807) is 0 Å². The van der Waals surface area contributed by atoms with E-state index in [2.05, 4.69) is 20.6 Å². The maximum Gasteiger partial charge on any atom is 0.326 e. The van der Waals surface area contributed by atoms with Crippen molar-refractivity contribution in [3.8, 4) is 0 Å². The lowest BCUT2D eigenvalue weighted by Crippen LogP contribution is -2.57. The fourth-order valence-electron chi connectivity index (χ4n) is 1.99. The summed E-state index contributed by atoms with van der Waals surface area (Å²) in [6.07, 6.45) is 0.957. The fourth-order valence-corrected chi connectivity index (χ4v) is 1.99. The number of carboxylic acids is 1. The Labute approximate surface area is 148 Å². The van der Waals surface area contributed by atoms with Crippen LogP contribution in [0.1, 0.15) is 19.0 Å². The van der Waals surface area contributed by atoms with Crippen LogP contribution in [0, 0.1) is 0 Å². The standard InChI is InChI=1S/C14H22N6O6/c1-6(21)11(16)13(24)19-8(2-7-4-17-5-18-7)12(23)20-9(14(25)26)3-10(15)22/h4-6,8-9,11,21H,2-3,16H2,1H3,(H2,15,22)(H,17,18)(H,19,24)(H,20,23)(H,25,26). The summed E-state index contributed by atoms with van der Waals surface area (Å²) in [5.74, 6) is -4.03. The summed E-state index contributed by atoms with van der Waals surface area (Å²) in [6, 6.07) is -4.05. The topological polar surface area (TPSA) is 214 Å². The highest BCUT2D eigenvalue weighted by molar-refractivity contribution is 5.93. The molecule has 0 fully saturated rings. The quantitative estimate of drug-likeness (QED) is 0.220. The molecule has 0 spiro atoms. The number of imidazole rings is 1. The number of carbonyl (C=O) groups excluding carboxylic acids is 3. The number of rotatable bonds is 10. The number of H-pyrrole nitrogens is 1. The van der Waals surface area contributed by atoms with Gasteiger partial charge in [0.25, 0.3) is 0 Å². The summed E-state index contributed by atoms with van der Waals surface area (Å²) in [5, 5.41) is 22.9. The molecule has 0 bridgehead atoms. The Kier molecular flexibility index (Phi) is 7.68. The molecule has 0 aromatic carbocycles. The van der Waals surface area contributed by atoms with Crippen LogP contribution in [0.3, 0.4) is 0 Å². The molecule has 4 atom stereocenters. The van der Waals surface area contributed by atoms with Gasteiger partial charge in [-0.25, -0.2) is 9.78 Å². The van der Waals surface area contributed by atoms with Gasteiger partial charge in [0.05, 0.1) is 18.9 Å². The number of hydrogen-bond acceptors (Lipinski definition) is 7. The first-order valence-corrected chi connectivity index (χ1v) is 7.64. The normalized spacial score (nSPS) is 15.3. The highest BCUT2D eigenvalue weighted by atomic mass is 16.4. The third kappa shape index (κ3) is 6.49. The number of nitrogens with one attached hydrogen (secondary N) is 3. The second-order valence-electron chi connectivity index (χ2n) is 5.68. The van der Waals surface area contributed by atoms with E-state index in [1.165, 1.54) is 19.4 Å². The molecular formula is C14H22N6O6. The fraction of sp³-hybridized carbons (Fsp3) is 0.500. The van der Waals surface area contributed by atoms with Crippen molar-refractivity contribution in [3.05, 3.63) is 18.2 Å². The summed E-state index contributed by atoms with van der Waals surface area (Å²) in [5.41, 5.74) is 11.0. The molecule has 0 radical (unpaired) electrons. The van der Waals surface area contributed by atoms with Gasteiger partial charge in [-0.05, 0) is 6.92 Å². The summed E-state index contributed by atoms with van der Waals surface area (Å²) in [7, 11) is 0. The van der Waals surface area contributed by atoms with Gasteiger partial charge >= 0.3 is 5.97 Å². The van der Waals surface area contributed by atoms with Crippen molar-refractivity contribution in [1.29, 1.82) is 0 Å². The van der Waals surface area contributed by atoms with E-state index in [-0.39, 0.29) is 6.42 Å². The number of carbonyl (C=O) groups is 4. The van der Waals surface area contributed by atoms with E-state index in [9.17, 15) is 24.3 Å². The van der Waals surface area contributed by atoms with Gasteiger partial charge in [0, 0.05) is 18.3 Å². The van der Waals surface area contributed by atoms with Gasteiger partial charge in [0.15, 0.2) is 0 Å². The number of carboxylic acid groups (broad SMARTS) is 1. The Morgan fingerprint density at radius 2 is 1.85 bits per heavy atom. The van der Waals surface area contributed by atoms with Crippen LogP contribution in [0.15, 0.2) is 12.5 Å². The first-order valence-electron chi connectivity index (χ1n) is 7.64. The molecule has 0 aliphatic heterocycles. The van der Waals surface area contributed by atoms with Gasteiger partial charge in [-0.1, -0.05) is 0 Å². The molecular weight excluding hydrogens is 348 g/mol. The Morgan fingerprint density at radius 1 is 1.23 bits per heavy atom. The Balaban J connectivity index is 2.91. The average Bonchev–Trinajstić information content (AvgIpc) is 3.04. The highest BCUT2D eigenvalue weighted by Crippen LogP contribution is 2.02. The summed E-state index contributed by atoms with van der Waals surface area (Å²) < 4.78 is 0. The van der Waals surface area contributed by atoms with Crippen molar-refractivity contribution in [2.24, 2.45) is 11.5 Å². The van der Waals surface area contributed by atoms with Crippen molar-refractivity contribution in [2.45, 2.75) is 44.0 Å². The molecule has 1 aromatic heterocycles. The number of hydrogen-bond donors (Lipinski definition) is 7. The molecule has 9 N–H and O–H groups in total. The zero-order valence-electron chi connectivity index (χ0n) is 14.0. The maximum absolute atomic E-state index is 12.4. The largest absolute Gasteiger partial charge is 0.480 e. The van der Waals surface area contributed by atoms with Crippen molar-refractivity contribution in [2.75, 3.05) is 0 Å². The zero-order chi connectivity index (χ0) is 19.9. The minimum atomic E-state index is -1.55. The molecule has 3 amide bonds. The van der Waals surface area contributed by atoms with Gasteiger partial charge in [0.2, 0.25) is 17.7 Å². The number of primary amides is 1. The van der Waals surface area contributed by atoms with Crippen LogP contribution in [0.25, 0.3) is 0 Å². The van der Waals surface area contributed by atoms with Gasteiger partial charge in [-0.3, -0.25) is 14.4 Å². The van der Waals surface area contributed by atoms with Crippen LogP contribution < -0.4 is 22.1 Å². The maximum atomic E-state index is 12.4. The van der Waals surface area contributed by atoms with E-state index in [0.29, 0.717) is 5.69 Å². The van der Waals surface area contributed by atoms with E-state index in [0.717, 1.165) is 0 Å². The summed E-state index contributed by atoms with van der Waals surface area (Å²) >= 11 is 0. The lowest BCUT2D eigenvalue weighted by molar-refractivity contribution is -0.143. The average molecular weight is 370 g/mol. The first-order chi connectivity index (χ1) is 12.1. The molecule has 1 aromatic rings. The van der Waals surface area contributed by atoms with E-state index < -0.39 is 54.3 Å². The molecule has 0 aliphatic carbocycles. The SMILES string of the molecule is CC(O)C(N)C(=O)NC(Cc1cnc[nH]1)C(=O)NC(CC(N)=O)C(=O)O.